The lowest BCUT2D eigenvalue weighted by molar-refractivity contribution is -0.119. The van der Waals surface area contributed by atoms with Crippen LogP contribution in [0, 0.1) is 6.92 Å². The fourth-order valence-corrected chi connectivity index (χ4v) is 4.45. The molecule has 0 aliphatic heterocycles. The van der Waals surface area contributed by atoms with Crippen molar-refractivity contribution in [2.45, 2.75) is 27.2 Å². The molecule has 0 radical (unpaired) electrons. The maximum absolute atomic E-state index is 12.9. The number of rotatable bonds is 7. The molecule has 0 fully saturated rings. The Morgan fingerprint density at radius 2 is 1.88 bits per heavy atom. The number of aromatic nitrogens is 2. The zero-order chi connectivity index (χ0) is 22.7. The summed E-state index contributed by atoms with van der Waals surface area (Å²) in [5.74, 6) is -0.243. The molecule has 2 aromatic heterocycles. The number of carbonyl (C=O) groups excluding carboxylic acids is 2. The van der Waals surface area contributed by atoms with Gasteiger partial charge >= 0.3 is 5.97 Å². The number of ether oxygens (including phenoxy) is 2. The average molecular weight is 450 g/mol. The van der Waals surface area contributed by atoms with Gasteiger partial charge in [0.15, 0.2) is 11.7 Å². The molecule has 0 unspecified atom stereocenters. The Balaban J connectivity index is 1.47. The quantitative estimate of drug-likeness (QED) is 0.403. The summed E-state index contributed by atoms with van der Waals surface area (Å²) < 4.78 is 11.7. The number of nitrogens with zero attached hydrogens (tertiary/aromatic N) is 2. The Hall–Kier alpha value is -3.52. The number of hydrogen-bond acceptors (Lipinski definition) is 7. The van der Waals surface area contributed by atoms with Gasteiger partial charge in [0.05, 0.1) is 27.9 Å². The molecule has 0 aliphatic rings. The first kappa shape index (κ1) is 21.7. The van der Waals surface area contributed by atoms with Crippen molar-refractivity contribution in [1.29, 1.82) is 0 Å². The summed E-state index contributed by atoms with van der Waals surface area (Å²) in [7, 11) is 0. The standard InChI is InChI=1S/C24H23N3O4S/c1-4-17-14(3)22(16-8-6-7-9-18(16)25-17)23(29)31-13-21(28)27-24-26-19-11-10-15(30-5-2)12-20(19)32-24/h6-12H,4-5,13H2,1-3H3,(H,26,27,28). The maximum atomic E-state index is 12.9. The van der Waals surface area contributed by atoms with Crippen molar-refractivity contribution in [3.63, 3.8) is 0 Å². The Labute approximate surface area is 189 Å². The molecule has 164 valence electrons. The number of aryl methyl sites for hydroxylation is 1. The Kier molecular flexibility index (Phi) is 6.32. The molecule has 32 heavy (non-hydrogen) atoms. The molecule has 8 heteroatoms. The van der Waals surface area contributed by atoms with E-state index in [1.807, 2.05) is 63.2 Å². The number of para-hydroxylation sites is 1. The predicted molar refractivity (Wildman–Crippen MR) is 126 cm³/mol. The van der Waals surface area contributed by atoms with Crippen molar-refractivity contribution >= 4 is 49.5 Å². The molecule has 1 N–H and O–H groups in total. The van der Waals surface area contributed by atoms with Gasteiger partial charge in [0.1, 0.15) is 5.75 Å². The number of pyridine rings is 1. The predicted octanol–water partition coefficient (Wildman–Crippen LogP) is 4.91. The van der Waals surface area contributed by atoms with Crippen molar-refractivity contribution < 1.29 is 19.1 Å². The van der Waals surface area contributed by atoms with Crippen LogP contribution in [0.2, 0.25) is 0 Å². The van der Waals surface area contributed by atoms with Gasteiger partial charge in [0, 0.05) is 11.1 Å². The van der Waals surface area contributed by atoms with Gasteiger partial charge in [-0.2, -0.15) is 0 Å². The normalized spacial score (nSPS) is 11.0. The largest absolute Gasteiger partial charge is 0.494 e. The smallest absolute Gasteiger partial charge is 0.339 e. The maximum Gasteiger partial charge on any atom is 0.339 e. The van der Waals surface area contributed by atoms with E-state index in [4.69, 9.17) is 9.47 Å². The fraction of sp³-hybridized carbons (Fsp3) is 0.250. The summed E-state index contributed by atoms with van der Waals surface area (Å²) in [6.45, 7) is 5.93. The summed E-state index contributed by atoms with van der Waals surface area (Å²) in [4.78, 5) is 34.3. The zero-order valence-corrected chi connectivity index (χ0v) is 18.9. The second kappa shape index (κ2) is 9.32. The van der Waals surface area contributed by atoms with E-state index >= 15 is 0 Å². The Bertz CT molecular complexity index is 1320. The highest BCUT2D eigenvalue weighted by molar-refractivity contribution is 7.22. The second-order valence-corrected chi connectivity index (χ2v) is 8.17. The van der Waals surface area contributed by atoms with E-state index in [-0.39, 0.29) is 0 Å². The van der Waals surface area contributed by atoms with Gasteiger partial charge in [-0.1, -0.05) is 36.5 Å². The van der Waals surface area contributed by atoms with Crippen LogP contribution in [0.4, 0.5) is 5.13 Å². The van der Waals surface area contributed by atoms with Crippen LogP contribution in [0.25, 0.3) is 21.1 Å². The van der Waals surface area contributed by atoms with Crippen molar-refractivity contribution in [3.05, 3.63) is 59.3 Å². The Morgan fingerprint density at radius 1 is 1.06 bits per heavy atom. The summed E-state index contributed by atoms with van der Waals surface area (Å²) in [5, 5.41) is 3.85. The number of amides is 1. The lowest BCUT2D eigenvalue weighted by Gasteiger charge is -2.13. The molecule has 4 aromatic rings. The molecule has 1 amide bonds. The van der Waals surface area contributed by atoms with Gasteiger partial charge < -0.3 is 9.47 Å². The number of nitrogens with one attached hydrogen (secondary N) is 1. The highest BCUT2D eigenvalue weighted by Gasteiger charge is 2.20. The molecule has 0 saturated heterocycles. The van der Waals surface area contributed by atoms with Crippen LogP contribution >= 0.6 is 11.3 Å². The summed E-state index contributed by atoms with van der Waals surface area (Å²) in [5.41, 5.74) is 3.54. The van der Waals surface area contributed by atoms with Gasteiger partial charge in [-0.25, -0.2) is 9.78 Å². The number of hydrogen-bond donors (Lipinski definition) is 1. The number of fused-ring (bicyclic) bond motifs is 2. The van der Waals surface area contributed by atoms with E-state index in [1.54, 1.807) is 0 Å². The van der Waals surface area contributed by atoms with E-state index < -0.39 is 18.5 Å². The van der Waals surface area contributed by atoms with E-state index in [9.17, 15) is 9.59 Å². The minimum atomic E-state index is -0.545. The molecule has 0 atom stereocenters. The van der Waals surface area contributed by atoms with Gasteiger partial charge in [0.2, 0.25) is 0 Å². The van der Waals surface area contributed by atoms with Crippen molar-refractivity contribution in [2.75, 3.05) is 18.5 Å². The van der Waals surface area contributed by atoms with E-state index in [2.05, 4.69) is 15.3 Å². The van der Waals surface area contributed by atoms with Crippen molar-refractivity contribution in [2.24, 2.45) is 0 Å². The lowest BCUT2D eigenvalue weighted by atomic mass is 10.0. The number of esters is 1. The minimum Gasteiger partial charge on any atom is -0.494 e. The molecule has 2 heterocycles. The molecule has 7 nitrogen and oxygen atoms in total. The molecule has 4 rings (SSSR count). The van der Waals surface area contributed by atoms with Gasteiger partial charge in [0.25, 0.3) is 5.91 Å². The van der Waals surface area contributed by atoms with Crippen molar-refractivity contribution in [3.8, 4) is 5.75 Å². The molecular formula is C24H23N3O4S. The summed E-state index contributed by atoms with van der Waals surface area (Å²) in [6, 6.07) is 13.0. The van der Waals surface area contributed by atoms with E-state index in [1.165, 1.54) is 11.3 Å². The highest BCUT2D eigenvalue weighted by Crippen LogP contribution is 2.29. The molecule has 2 aromatic carbocycles. The average Bonchev–Trinajstić information content (AvgIpc) is 3.18. The lowest BCUT2D eigenvalue weighted by Crippen LogP contribution is -2.21. The monoisotopic (exact) mass is 449 g/mol. The van der Waals surface area contributed by atoms with Gasteiger partial charge in [-0.15, -0.1) is 0 Å². The summed E-state index contributed by atoms with van der Waals surface area (Å²) in [6.07, 6.45) is 0.694. The van der Waals surface area contributed by atoms with Gasteiger partial charge in [-0.3, -0.25) is 15.1 Å². The first-order chi connectivity index (χ1) is 15.5. The number of benzene rings is 2. The van der Waals surface area contributed by atoms with Crippen molar-refractivity contribution in [1.82, 2.24) is 9.97 Å². The summed E-state index contributed by atoms with van der Waals surface area (Å²) >= 11 is 1.33. The minimum absolute atomic E-state index is 0.406. The first-order valence-electron chi connectivity index (χ1n) is 10.4. The molecule has 0 bridgehead atoms. The van der Waals surface area contributed by atoms with Crippen LogP contribution in [0.3, 0.4) is 0 Å². The van der Waals surface area contributed by atoms with Crippen LogP contribution in [0.15, 0.2) is 42.5 Å². The van der Waals surface area contributed by atoms with Crippen LogP contribution in [-0.4, -0.2) is 35.1 Å². The topological polar surface area (TPSA) is 90.4 Å². The number of carbonyl (C=O) groups is 2. The molecular weight excluding hydrogens is 426 g/mol. The van der Waals surface area contributed by atoms with Crippen LogP contribution in [0.5, 0.6) is 5.75 Å². The van der Waals surface area contributed by atoms with Crippen LogP contribution in [0.1, 0.15) is 35.5 Å². The zero-order valence-electron chi connectivity index (χ0n) is 18.1. The number of thiazole rings is 1. The van der Waals surface area contributed by atoms with Crippen LogP contribution < -0.4 is 10.1 Å². The SMILES string of the molecule is CCOc1ccc2nc(NC(=O)COC(=O)c3c(C)c(CC)nc4ccccc34)sc2c1. The first-order valence-corrected chi connectivity index (χ1v) is 11.2. The van der Waals surface area contributed by atoms with E-state index in [0.717, 1.165) is 32.7 Å². The second-order valence-electron chi connectivity index (χ2n) is 7.14. The van der Waals surface area contributed by atoms with Crippen LogP contribution in [-0.2, 0) is 16.0 Å². The third-order valence-corrected chi connectivity index (χ3v) is 5.96. The Morgan fingerprint density at radius 3 is 2.66 bits per heavy atom. The molecule has 0 aliphatic carbocycles. The van der Waals surface area contributed by atoms with Gasteiger partial charge in [-0.05, 0) is 50.1 Å². The highest BCUT2D eigenvalue weighted by atomic mass is 32.1. The fourth-order valence-electron chi connectivity index (χ4n) is 3.54. The molecule has 0 spiro atoms. The third-order valence-electron chi connectivity index (χ3n) is 5.03. The van der Waals surface area contributed by atoms with E-state index in [0.29, 0.717) is 29.1 Å². The third kappa shape index (κ3) is 4.40. The number of anilines is 1. The molecule has 0 saturated carbocycles.